The molecule has 1 aliphatic rings. The van der Waals surface area contributed by atoms with Crippen LogP contribution < -0.4 is 5.32 Å². The van der Waals surface area contributed by atoms with Crippen molar-refractivity contribution < 1.29 is 0 Å². The van der Waals surface area contributed by atoms with Crippen LogP contribution in [0.5, 0.6) is 0 Å². The Hall–Kier alpha value is -1.36. The summed E-state index contributed by atoms with van der Waals surface area (Å²) in [6, 6.07) is 9.53. The van der Waals surface area contributed by atoms with Crippen LogP contribution in [-0.4, -0.2) is 60.1 Å². The number of rotatable bonds is 6. The van der Waals surface area contributed by atoms with Gasteiger partial charge in [0.1, 0.15) is 0 Å². The first-order valence-electron chi connectivity index (χ1n) is 9.14. The second-order valence-corrected chi connectivity index (χ2v) is 8.00. The lowest BCUT2D eigenvalue weighted by Gasteiger charge is -2.44. The molecule has 1 aliphatic heterocycles. The molecule has 1 aromatic heterocycles. The minimum atomic E-state index is 0.202. The van der Waals surface area contributed by atoms with Gasteiger partial charge in [0.15, 0.2) is 0 Å². The highest BCUT2D eigenvalue weighted by Crippen LogP contribution is 2.22. The highest BCUT2D eigenvalue weighted by molar-refractivity contribution is 5.79. The molecule has 3 rings (SSSR count). The third kappa shape index (κ3) is 4.00. The van der Waals surface area contributed by atoms with Gasteiger partial charge in [0.25, 0.3) is 0 Å². The van der Waals surface area contributed by atoms with E-state index < -0.39 is 0 Å². The molecule has 1 aromatic carbocycles. The molecular weight excluding hydrogens is 296 g/mol. The van der Waals surface area contributed by atoms with Crippen LogP contribution in [0.4, 0.5) is 0 Å². The number of benzene rings is 1. The molecule has 0 unspecified atom stereocenters. The topological polar surface area (TPSA) is 34.3 Å². The number of aromatic nitrogens is 1. The fourth-order valence-electron chi connectivity index (χ4n) is 3.82. The average Bonchev–Trinajstić information content (AvgIpc) is 3.02. The van der Waals surface area contributed by atoms with Crippen LogP contribution in [0.1, 0.15) is 32.3 Å². The van der Waals surface area contributed by atoms with Gasteiger partial charge in [-0.05, 0) is 63.9 Å². The first-order valence-corrected chi connectivity index (χ1v) is 9.14. The minimum absolute atomic E-state index is 0.202. The van der Waals surface area contributed by atoms with Gasteiger partial charge >= 0.3 is 0 Å². The maximum Gasteiger partial charge on any atom is 0.0457 e. The zero-order valence-corrected chi connectivity index (χ0v) is 15.6. The van der Waals surface area contributed by atoms with Gasteiger partial charge in [0, 0.05) is 49.5 Å². The lowest BCUT2D eigenvalue weighted by molar-refractivity contribution is 0.0616. The zero-order valence-electron chi connectivity index (χ0n) is 15.6. The summed E-state index contributed by atoms with van der Waals surface area (Å²) in [5.74, 6) is 0. The second kappa shape index (κ2) is 7.26. The molecule has 0 saturated carbocycles. The monoisotopic (exact) mass is 328 g/mol. The number of hydrogen-bond donors (Lipinski definition) is 2. The van der Waals surface area contributed by atoms with Crippen molar-refractivity contribution in [2.75, 3.05) is 33.7 Å². The Morgan fingerprint density at radius 2 is 1.96 bits per heavy atom. The minimum Gasteiger partial charge on any atom is -0.361 e. The van der Waals surface area contributed by atoms with Crippen LogP contribution >= 0.6 is 0 Å². The summed E-state index contributed by atoms with van der Waals surface area (Å²) in [4.78, 5) is 8.31. The number of piperidine rings is 1. The molecule has 2 N–H and O–H groups in total. The fraction of sp³-hybridized carbons (Fsp3) is 0.600. The van der Waals surface area contributed by atoms with E-state index in [1.807, 2.05) is 6.20 Å². The predicted molar refractivity (Wildman–Crippen MR) is 102 cm³/mol. The fourth-order valence-corrected chi connectivity index (χ4v) is 3.82. The molecule has 4 heteroatoms. The summed E-state index contributed by atoms with van der Waals surface area (Å²) in [7, 11) is 4.40. The smallest absolute Gasteiger partial charge is 0.0457 e. The largest absolute Gasteiger partial charge is 0.361 e. The normalized spacial score (nSPS) is 17.9. The average molecular weight is 329 g/mol. The lowest BCUT2D eigenvalue weighted by Crippen LogP contribution is -2.55. The van der Waals surface area contributed by atoms with E-state index in [0.29, 0.717) is 0 Å². The van der Waals surface area contributed by atoms with Crippen molar-refractivity contribution in [2.45, 2.75) is 44.8 Å². The Kier molecular flexibility index (Phi) is 5.28. The quantitative estimate of drug-likeness (QED) is 0.855. The summed E-state index contributed by atoms with van der Waals surface area (Å²) in [6.45, 7) is 9.07. The molecule has 0 radical (unpaired) electrons. The molecule has 24 heavy (non-hydrogen) atoms. The van der Waals surface area contributed by atoms with Gasteiger partial charge in [0.2, 0.25) is 0 Å². The zero-order chi connectivity index (χ0) is 17.2. The van der Waals surface area contributed by atoms with Crippen LogP contribution in [0.15, 0.2) is 30.5 Å². The molecule has 0 aliphatic carbocycles. The van der Waals surface area contributed by atoms with Crippen molar-refractivity contribution >= 4 is 10.9 Å². The van der Waals surface area contributed by atoms with Gasteiger partial charge in [-0.3, -0.25) is 4.90 Å². The van der Waals surface area contributed by atoms with Gasteiger partial charge in [-0.1, -0.05) is 12.1 Å². The molecule has 132 valence electrons. The number of nitrogens with zero attached hydrogens (tertiary/aromatic N) is 2. The van der Waals surface area contributed by atoms with E-state index in [1.54, 1.807) is 0 Å². The molecule has 4 nitrogen and oxygen atoms in total. The SMILES string of the molecule is CN(C)C1CCN(C(C)(C)CNCc2ccc3cc[nH]c3c2)CC1. The van der Waals surface area contributed by atoms with Crippen molar-refractivity contribution in [1.82, 2.24) is 20.1 Å². The molecule has 2 heterocycles. The van der Waals surface area contributed by atoms with Gasteiger partial charge in [-0.2, -0.15) is 0 Å². The Morgan fingerprint density at radius 3 is 2.67 bits per heavy atom. The van der Waals surface area contributed by atoms with E-state index in [1.165, 1.54) is 42.4 Å². The third-order valence-corrected chi connectivity index (χ3v) is 5.56. The van der Waals surface area contributed by atoms with Crippen LogP contribution in [0, 0.1) is 0 Å². The van der Waals surface area contributed by atoms with Crippen LogP contribution in [0.2, 0.25) is 0 Å². The molecule has 0 spiro atoms. The standard InChI is InChI=1S/C20H32N4/c1-20(2,24-11-8-18(9-12-24)23(3)4)15-21-14-16-5-6-17-7-10-22-19(17)13-16/h5-7,10,13,18,21-22H,8-9,11-12,14-15H2,1-4H3. The summed E-state index contributed by atoms with van der Waals surface area (Å²) >= 11 is 0. The van der Waals surface area contributed by atoms with Crippen molar-refractivity contribution in [3.63, 3.8) is 0 Å². The molecule has 0 amide bonds. The summed E-state index contributed by atoms with van der Waals surface area (Å²) in [5.41, 5.74) is 2.76. The van der Waals surface area contributed by atoms with Gasteiger partial charge in [-0.25, -0.2) is 0 Å². The third-order valence-electron chi connectivity index (χ3n) is 5.56. The molecule has 0 atom stereocenters. The number of H-pyrrole nitrogens is 1. The Labute approximate surface area is 146 Å². The van der Waals surface area contributed by atoms with E-state index in [9.17, 15) is 0 Å². The molecule has 1 fully saturated rings. The molecular formula is C20H32N4. The van der Waals surface area contributed by atoms with Crippen molar-refractivity contribution in [3.05, 3.63) is 36.0 Å². The first kappa shape index (κ1) is 17.5. The number of hydrogen-bond acceptors (Lipinski definition) is 3. The van der Waals surface area contributed by atoms with E-state index in [0.717, 1.165) is 19.1 Å². The Bertz CT molecular complexity index is 650. The Balaban J connectivity index is 1.49. The van der Waals surface area contributed by atoms with Gasteiger partial charge in [0.05, 0.1) is 0 Å². The van der Waals surface area contributed by atoms with Gasteiger partial charge in [-0.15, -0.1) is 0 Å². The number of likely N-dealkylation sites (tertiary alicyclic amines) is 1. The van der Waals surface area contributed by atoms with E-state index >= 15 is 0 Å². The van der Waals surface area contributed by atoms with Crippen molar-refractivity contribution in [1.29, 1.82) is 0 Å². The predicted octanol–water partition coefficient (Wildman–Crippen LogP) is 3.06. The van der Waals surface area contributed by atoms with E-state index in [-0.39, 0.29) is 5.54 Å². The van der Waals surface area contributed by atoms with E-state index in [4.69, 9.17) is 0 Å². The number of aromatic amines is 1. The lowest BCUT2D eigenvalue weighted by atomic mass is 9.95. The molecule has 1 saturated heterocycles. The van der Waals surface area contributed by atoms with Crippen LogP contribution in [0.3, 0.4) is 0 Å². The van der Waals surface area contributed by atoms with Crippen LogP contribution in [-0.2, 0) is 6.54 Å². The maximum absolute atomic E-state index is 3.66. The van der Waals surface area contributed by atoms with Crippen LogP contribution in [0.25, 0.3) is 10.9 Å². The van der Waals surface area contributed by atoms with E-state index in [2.05, 4.69) is 72.3 Å². The highest BCUT2D eigenvalue weighted by atomic mass is 15.2. The first-order chi connectivity index (χ1) is 11.5. The van der Waals surface area contributed by atoms with Gasteiger partial charge < -0.3 is 15.2 Å². The number of fused-ring (bicyclic) bond motifs is 1. The number of nitrogens with one attached hydrogen (secondary N) is 2. The molecule has 0 bridgehead atoms. The Morgan fingerprint density at radius 1 is 1.21 bits per heavy atom. The molecule has 2 aromatic rings. The summed E-state index contributed by atoms with van der Waals surface area (Å²) in [5, 5.41) is 4.94. The maximum atomic E-state index is 3.66. The van der Waals surface area contributed by atoms with Crippen molar-refractivity contribution in [3.8, 4) is 0 Å². The highest BCUT2D eigenvalue weighted by Gasteiger charge is 2.30. The summed E-state index contributed by atoms with van der Waals surface area (Å²) < 4.78 is 0. The summed E-state index contributed by atoms with van der Waals surface area (Å²) in [6.07, 6.45) is 4.56. The van der Waals surface area contributed by atoms with Crippen molar-refractivity contribution in [2.24, 2.45) is 0 Å². The second-order valence-electron chi connectivity index (χ2n) is 8.00.